The Morgan fingerprint density at radius 1 is 1.09 bits per heavy atom. The first-order valence-corrected chi connectivity index (χ1v) is 7.75. The van der Waals surface area contributed by atoms with Crippen molar-refractivity contribution in [3.8, 4) is 0 Å². The van der Waals surface area contributed by atoms with Gasteiger partial charge in [0.15, 0.2) is 5.96 Å². The van der Waals surface area contributed by atoms with Gasteiger partial charge in [-0.05, 0) is 39.4 Å². The number of nitrogens with one attached hydrogen (secondary N) is 2. The van der Waals surface area contributed by atoms with E-state index in [1.54, 1.807) is 0 Å². The summed E-state index contributed by atoms with van der Waals surface area (Å²) in [5, 5.41) is 6.71. The van der Waals surface area contributed by atoms with Crippen LogP contribution >= 0.6 is 24.0 Å². The average Bonchev–Trinajstić information content (AvgIpc) is 2.44. The van der Waals surface area contributed by atoms with Crippen molar-refractivity contribution >= 4 is 29.9 Å². The number of benzene rings is 1. The van der Waals surface area contributed by atoms with E-state index < -0.39 is 0 Å². The van der Waals surface area contributed by atoms with Gasteiger partial charge in [-0.15, -0.1) is 24.0 Å². The number of nitrogens with zero attached hydrogens (tertiary/aromatic N) is 2. The van der Waals surface area contributed by atoms with Crippen LogP contribution in [0.2, 0.25) is 0 Å². The van der Waals surface area contributed by atoms with Gasteiger partial charge in [-0.2, -0.15) is 0 Å². The number of likely N-dealkylation sites (N-methyl/N-ethyl adjacent to an activating group) is 1. The number of hydrogen-bond acceptors (Lipinski definition) is 2. The molecule has 0 radical (unpaired) electrons. The van der Waals surface area contributed by atoms with E-state index in [-0.39, 0.29) is 24.0 Å². The first-order chi connectivity index (χ1) is 10.0. The van der Waals surface area contributed by atoms with E-state index in [1.165, 1.54) is 16.7 Å². The maximum absolute atomic E-state index is 4.25. The van der Waals surface area contributed by atoms with Gasteiger partial charge in [0.05, 0.1) is 0 Å². The molecule has 0 bridgehead atoms. The molecule has 0 aliphatic heterocycles. The van der Waals surface area contributed by atoms with Gasteiger partial charge in [0.25, 0.3) is 0 Å². The third-order valence-electron chi connectivity index (χ3n) is 3.54. The lowest BCUT2D eigenvalue weighted by molar-refractivity contribution is 0.357. The van der Waals surface area contributed by atoms with Crippen LogP contribution in [0.1, 0.15) is 23.6 Å². The predicted octanol–water partition coefficient (Wildman–Crippen LogP) is 2.58. The zero-order chi connectivity index (χ0) is 15.7. The second-order valence-electron chi connectivity index (χ2n) is 5.57. The van der Waals surface area contributed by atoms with Crippen LogP contribution in [0.3, 0.4) is 0 Å². The molecule has 0 saturated heterocycles. The molecule has 126 valence electrons. The maximum atomic E-state index is 4.25. The molecule has 0 aliphatic rings. The number of hydrogen-bond donors (Lipinski definition) is 2. The molecule has 0 unspecified atom stereocenters. The molecule has 1 aromatic carbocycles. The minimum Gasteiger partial charge on any atom is -0.356 e. The predicted molar refractivity (Wildman–Crippen MR) is 108 cm³/mol. The van der Waals surface area contributed by atoms with Crippen LogP contribution in [-0.4, -0.2) is 51.1 Å². The number of halogens is 1. The third-order valence-corrected chi connectivity index (χ3v) is 3.54. The summed E-state index contributed by atoms with van der Waals surface area (Å²) >= 11 is 0. The summed E-state index contributed by atoms with van der Waals surface area (Å²) in [7, 11) is 3.94. The van der Waals surface area contributed by atoms with E-state index in [2.05, 4.69) is 66.5 Å². The summed E-state index contributed by atoms with van der Waals surface area (Å²) in [5.74, 6) is 0.879. The Labute approximate surface area is 152 Å². The van der Waals surface area contributed by atoms with Crippen molar-refractivity contribution in [3.63, 3.8) is 0 Å². The van der Waals surface area contributed by atoms with E-state index in [4.69, 9.17) is 0 Å². The number of aliphatic imine (C=N–C) groups is 1. The second kappa shape index (κ2) is 11.7. The minimum absolute atomic E-state index is 0. The molecule has 0 spiro atoms. The SMILES string of the molecule is CCN(C)CCNC(=NC)NCCc1cc(C)cc(C)c1.I. The zero-order valence-electron chi connectivity index (χ0n) is 14.6. The Hall–Kier alpha value is -0.820. The van der Waals surface area contributed by atoms with Gasteiger partial charge in [-0.25, -0.2) is 0 Å². The highest BCUT2D eigenvalue weighted by molar-refractivity contribution is 14.0. The Kier molecular flexibility index (Phi) is 11.3. The summed E-state index contributed by atoms with van der Waals surface area (Å²) < 4.78 is 0. The smallest absolute Gasteiger partial charge is 0.191 e. The third kappa shape index (κ3) is 8.58. The maximum Gasteiger partial charge on any atom is 0.191 e. The molecular formula is C17H31IN4. The Bertz CT molecular complexity index is 440. The zero-order valence-corrected chi connectivity index (χ0v) is 16.9. The first-order valence-electron chi connectivity index (χ1n) is 7.75. The van der Waals surface area contributed by atoms with E-state index >= 15 is 0 Å². The molecular weight excluding hydrogens is 387 g/mol. The highest BCUT2D eigenvalue weighted by Crippen LogP contribution is 2.08. The second-order valence-corrected chi connectivity index (χ2v) is 5.57. The van der Waals surface area contributed by atoms with Gasteiger partial charge in [0.1, 0.15) is 0 Å². The number of rotatable bonds is 7. The fourth-order valence-corrected chi connectivity index (χ4v) is 2.28. The van der Waals surface area contributed by atoms with Gasteiger partial charge < -0.3 is 15.5 Å². The lowest BCUT2D eigenvalue weighted by atomic mass is 10.1. The van der Waals surface area contributed by atoms with E-state index in [9.17, 15) is 0 Å². The van der Waals surface area contributed by atoms with Crippen molar-refractivity contribution in [2.45, 2.75) is 27.2 Å². The summed E-state index contributed by atoms with van der Waals surface area (Å²) in [6.45, 7) is 10.4. The molecule has 0 aromatic heterocycles. The van der Waals surface area contributed by atoms with Crippen LogP contribution in [0, 0.1) is 13.8 Å². The van der Waals surface area contributed by atoms with Crippen LogP contribution in [0.5, 0.6) is 0 Å². The van der Waals surface area contributed by atoms with Crippen molar-refractivity contribution in [2.75, 3.05) is 40.3 Å². The largest absolute Gasteiger partial charge is 0.356 e. The van der Waals surface area contributed by atoms with Gasteiger partial charge in [-0.3, -0.25) is 4.99 Å². The van der Waals surface area contributed by atoms with Gasteiger partial charge in [0.2, 0.25) is 0 Å². The normalized spacial score (nSPS) is 11.3. The van der Waals surface area contributed by atoms with Crippen LogP contribution in [0.4, 0.5) is 0 Å². The Morgan fingerprint density at radius 2 is 1.68 bits per heavy atom. The lowest BCUT2D eigenvalue weighted by Crippen LogP contribution is -2.41. The average molecular weight is 418 g/mol. The highest BCUT2D eigenvalue weighted by atomic mass is 127. The summed E-state index contributed by atoms with van der Waals surface area (Å²) in [6, 6.07) is 6.71. The van der Waals surface area contributed by atoms with E-state index in [0.717, 1.165) is 38.6 Å². The molecule has 22 heavy (non-hydrogen) atoms. The fourth-order valence-electron chi connectivity index (χ4n) is 2.28. The van der Waals surface area contributed by atoms with E-state index in [1.807, 2.05) is 7.05 Å². The van der Waals surface area contributed by atoms with Gasteiger partial charge >= 0.3 is 0 Å². The fraction of sp³-hybridized carbons (Fsp3) is 0.588. The molecule has 4 nitrogen and oxygen atoms in total. The molecule has 0 atom stereocenters. The van der Waals surface area contributed by atoms with Crippen molar-refractivity contribution in [1.82, 2.24) is 15.5 Å². The molecule has 1 rings (SSSR count). The van der Waals surface area contributed by atoms with E-state index in [0.29, 0.717) is 0 Å². The number of guanidine groups is 1. The lowest BCUT2D eigenvalue weighted by Gasteiger charge is -2.16. The molecule has 0 amide bonds. The number of aryl methyl sites for hydroxylation is 2. The summed E-state index contributed by atoms with van der Waals surface area (Å²) in [4.78, 5) is 6.53. The van der Waals surface area contributed by atoms with Gasteiger partial charge in [0, 0.05) is 26.7 Å². The molecule has 1 aromatic rings. The van der Waals surface area contributed by atoms with Crippen molar-refractivity contribution in [3.05, 3.63) is 34.9 Å². The summed E-state index contributed by atoms with van der Waals surface area (Å²) in [6.07, 6.45) is 1.01. The van der Waals surface area contributed by atoms with Crippen LogP contribution in [0.25, 0.3) is 0 Å². The van der Waals surface area contributed by atoms with Crippen LogP contribution < -0.4 is 10.6 Å². The highest BCUT2D eigenvalue weighted by Gasteiger charge is 2.00. The topological polar surface area (TPSA) is 39.7 Å². The van der Waals surface area contributed by atoms with Gasteiger partial charge in [-0.1, -0.05) is 36.2 Å². The first kappa shape index (κ1) is 21.2. The molecule has 0 fully saturated rings. The Balaban J connectivity index is 0.00000441. The molecule has 0 heterocycles. The standard InChI is InChI=1S/C17H30N4.HI/c1-6-21(5)10-9-20-17(18-4)19-8-7-16-12-14(2)11-15(3)13-16;/h11-13H,6-10H2,1-5H3,(H2,18,19,20);1H. The molecule has 0 saturated carbocycles. The van der Waals surface area contributed by atoms with Crippen LogP contribution in [-0.2, 0) is 6.42 Å². The quantitative estimate of drug-likeness (QED) is 0.406. The molecule has 0 aliphatic carbocycles. The van der Waals surface area contributed by atoms with Crippen molar-refractivity contribution in [1.29, 1.82) is 0 Å². The van der Waals surface area contributed by atoms with Crippen molar-refractivity contribution < 1.29 is 0 Å². The summed E-state index contributed by atoms with van der Waals surface area (Å²) in [5.41, 5.74) is 4.03. The minimum atomic E-state index is 0. The molecule has 5 heteroatoms. The monoisotopic (exact) mass is 418 g/mol. The van der Waals surface area contributed by atoms with Crippen molar-refractivity contribution in [2.24, 2.45) is 4.99 Å². The van der Waals surface area contributed by atoms with Crippen LogP contribution in [0.15, 0.2) is 23.2 Å². The Morgan fingerprint density at radius 3 is 2.23 bits per heavy atom. The molecule has 2 N–H and O–H groups in total.